The third-order valence-corrected chi connectivity index (χ3v) is 2.74. The molecule has 0 amide bonds. The van der Waals surface area contributed by atoms with Crippen molar-refractivity contribution >= 4 is 11.8 Å². The quantitative estimate of drug-likeness (QED) is 0.814. The van der Waals surface area contributed by atoms with Gasteiger partial charge in [0.1, 0.15) is 11.5 Å². The van der Waals surface area contributed by atoms with E-state index in [1.807, 2.05) is 0 Å². The normalized spacial score (nSPS) is 11.4. The Morgan fingerprint density at radius 2 is 2.06 bits per heavy atom. The number of methoxy groups -OCH3 is 1. The molecule has 1 N–H and O–H groups in total. The van der Waals surface area contributed by atoms with Crippen molar-refractivity contribution in [3.8, 4) is 11.5 Å². The summed E-state index contributed by atoms with van der Waals surface area (Å²) in [4.78, 5) is 0. The van der Waals surface area contributed by atoms with E-state index in [4.69, 9.17) is 14.6 Å². The highest BCUT2D eigenvalue weighted by molar-refractivity contribution is 8.00. The van der Waals surface area contributed by atoms with E-state index >= 15 is 0 Å². The number of aliphatic hydroxyl groups is 1. The van der Waals surface area contributed by atoms with Crippen LogP contribution in [0.15, 0.2) is 18.2 Å². The molecule has 0 saturated carbocycles. The van der Waals surface area contributed by atoms with E-state index in [0.29, 0.717) is 17.1 Å². The van der Waals surface area contributed by atoms with Crippen LogP contribution in [-0.4, -0.2) is 30.1 Å². The third-order valence-electron chi connectivity index (χ3n) is 2.04. The number of thioether (sulfide) groups is 1. The van der Waals surface area contributed by atoms with Gasteiger partial charge in [-0.25, -0.2) is 0 Å². The number of rotatable bonds is 6. The van der Waals surface area contributed by atoms with Crippen LogP contribution in [0.4, 0.5) is 13.2 Å². The van der Waals surface area contributed by atoms with E-state index in [9.17, 15) is 13.2 Å². The van der Waals surface area contributed by atoms with Gasteiger partial charge in [0.25, 0.3) is 0 Å². The fourth-order valence-corrected chi connectivity index (χ4v) is 1.65. The van der Waals surface area contributed by atoms with Crippen LogP contribution in [-0.2, 0) is 6.61 Å². The first-order valence-corrected chi connectivity index (χ1v) is 6.06. The topological polar surface area (TPSA) is 38.7 Å². The van der Waals surface area contributed by atoms with Gasteiger partial charge in [-0.15, -0.1) is 0 Å². The van der Waals surface area contributed by atoms with E-state index in [1.165, 1.54) is 7.11 Å². The maximum Gasteiger partial charge on any atom is 0.441 e. The van der Waals surface area contributed by atoms with Crippen molar-refractivity contribution in [2.24, 2.45) is 0 Å². The van der Waals surface area contributed by atoms with Gasteiger partial charge < -0.3 is 14.6 Å². The smallest absolute Gasteiger partial charge is 0.441 e. The summed E-state index contributed by atoms with van der Waals surface area (Å²) in [5.41, 5.74) is -3.77. The van der Waals surface area contributed by atoms with Gasteiger partial charge in [0, 0.05) is 11.3 Å². The number of hydrogen-bond donors (Lipinski definition) is 1. The highest BCUT2D eigenvalue weighted by Crippen LogP contribution is 2.30. The van der Waals surface area contributed by atoms with Gasteiger partial charge >= 0.3 is 5.51 Å². The molecule has 0 unspecified atom stereocenters. The van der Waals surface area contributed by atoms with Crippen molar-refractivity contribution in [2.75, 3.05) is 19.5 Å². The monoisotopic (exact) mass is 282 g/mol. The Morgan fingerprint density at radius 3 is 2.61 bits per heavy atom. The van der Waals surface area contributed by atoms with Crippen LogP contribution in [0.5, 0.6) is 11.5 Å². The lowest BCUT2D eigenvalue weighted by Crippen LogP contribution is -2.08. The number of hydrogen-bond acceptors (Lipinski definition) is 4. The van der Waals surface area contributed by atoms with Crippen LogP contribution in [0, 0.1) is 0 Å². The lowest BCUT2D eigenvalue weighted by atomic mass is 10.2. The van der Waals surface area contributed by atoms with Crippen LogP contribution < -0.4 is 9.47 Å². The summed E-state index contributed by atoms with van der Waals surface area (Å²) in [6.45, 7) is -0.345. The molecular weight excluding hydrogens is 269 g/mol. The molecule has 1 aromatic rings. The van der Waals surface area contributed by atoms with Crippen molar-refractivity contribution in [2.45, 2.75) is 12.1 Å². The molecule has 0 fully saturated rings. The first kappa shape index (κ1) is 15.0. The molecule has 0 radical (unpaired) electrons. The molecule has 0 aliphatic rings. The lowest BCUT2D eigenvalue weighted by Gasteiger charge is -2.12. The van der Waals surface area contributed by atoms with Crippen LogP contribution in [0.25, 0.3) is 0 Å². The molecule has 7 heteroatoms. The van der Waals surface area contributed by atoms with Crippen LogP contribution in [0.1, 0.15) is 5.56 Å². The second-order valence-electron chi connectivity index (χ2n) is 3.27. The molecule has 0 heterocycles. The number of benzene rings is 1. The van der Waals surface area contributed by atoms with Gasteiger partial charge in [-0.2, -0.15) is 13.2 Å². The Morgan fingerprint density at radius 1 is 1.33 bits per heavy atom. The number of ether oxygens (including phenoxy) is 2. The first-order chi connectivity index (χ1) is 8.46. The molecule has 0 aliphatic carbocycles. The zero-order valence-electron chi connectivity index (χ0n) is 9.66. The molecule has 1 aromatic carbocycles. The predicted octanol–water partition coefficient (Wildman–Crippen LogP) is 2.82. The van der Waals surface area contributed by atoms with Gasteiger partial charge in [0.15, 0.2) is 0 Å². The summed E-state index contributed by atoms with van der Waals surface area (Å²) in [6, 6.07) is 4.75. The summed E-state index contributed by atoms with van der Waals surface area (Å²) >= 11 is -0.138. The van der Waals surface area contributed by atoms with Crippen molar-refractivity contribution in [1.82, 2.24) is 0 Å². The van der Waals surface area contributed by atoms with Gasteiger partial charge in [-0.1, -0.05) is 0 Å². The van der Waals surface area contributed by atoms with Gasteiger partial charge in [-0.05, 0) is 30.0 Å². The zero-order chi connectivity index (χ0) is 13.6. The van der Waals surface area contributed by atoms with Crippen LogP contribution in [0.3, 0.4) is 0 Å². The lowest BCUT2D eigenvalue weighted by molar-refractivity contribution is -0.0329. The Bertz CT molecular complexity index is 382. The second kappa shape index (κ2) is 6.75. The Hall–Kier alpha value is -1.08. The maximum absolute atomic E-state index is 11.9. The molecule has 102 valence electrons. The molecule has 0 spiro atoms. The Balaban J connectivity index is 2.51. The minimum atomic E-state index is -4.25. The van der Waals surface area contributed by atoms with E-state index in [0.717, 1.165) is 0 Å². The highest BCUT2D eigenvalue weighted by Gasteiger charge is 2.27. The van der Waals surface area contributed by atoms with Gasteiger partial charge in [0.05, 0.1) is 20.3 Å². The average Bonchev–Trinajstić information content (AvgIpc) is 2.33. The standard InChI is InChI=1S/C11H13F3O3S/c1-16-9-2-3-10(8(6-9)7-15)17-4-5-18-11(12,13)14/h2-3,6,15H,4-5,7H2,1H3. The summed E-state index contributed by atoms with van der Waals surface area (Å²) in [5.74, 6) is 0.720. The molecule has 18 heavy (non-hydrogen) atoms. The summed E-state index contributed by atoms with van der Waals surface area (Å²) in [7, 11) is 1.48. The molecule has 0 bridgehead atoms. The van der Waals surface area contributed by atoms with Gasteiger partial charge in [0.2, 0.25) is 0 Å². The van der Waals surface area contributed by atoms with Crippen molar-refractivity contribution in [1.29, 1.82) is 0 Å². The molecule has 1 rings (SSSR count). The largest absolute Gasteiger partial charge is 0.497 e. The Kier molecular flexibility index (Phi) is 5.61. The van der Waals surface area contributed by atoms with Gasteiger partial charge in [-0.3, -0.25) is 0 Å². The molecular formula is C11H13F3O3S. The van der Waals surface area contributed by atoms with Crippen molar-refractivity contribution in [3.05, 3.63) is 23.8 Å². The molecule has 0 aromatic heterocycles. The minimum absolute atomic E-state index is 0.0799. The molecule has 0 saturated heterocycles. The molecule has 0 atom stereocenters. The molecule has 3 nitrogen and oxygen atoms in total. The van der Waals surface area contributed by atoms with Crippen LogP contribution in [0.2, 0.25) is 0 Å². The van der Waals surface area contributed by atoms with Crippen molar-refractivity contribution in [3.63, 3.8) is 0 Å². The summed E-state index contributed by atoms with van der Waals surface area (Å²) < 4.78 is 45.8. The number of aliphatic hydroxyl groups excluding tert-OH is 1. The summed E-state index contributed by atoms with van der Waals surface area (Å²) in [5, 5.41) is 9.10. The second-order valence-corrected chi connectivity index (χ2v) is 4.43. The van der Waals surface area contributed by atoms with E-state index in [1.54, 1.807) is 18.2 Å². The third kappa shape index (κ3) is 5.05. The predicted molar refractivity (Wildman–Crippen MR) is 62.9 cm³/mol. The Labute approximate surface area is 107 Å². The fourth-order valence-electron chi connectivity index (χ4n) is 1.26. The highest BCUT2D eigenvalue weighted by atomic mass is 32.2. The maximum atomic E-state index is 11.9. The fraction of sp³-hybridized carbons (Fsp3) is 0.455. The van der Waals surface area contributed by atoms with Crippen molar-refractivity contribution < 1.29 is 27.8 Å². The SMILES string of the molecule is COc1ccc(OCCSC(F)(F)F)c(CO)c1. The summed E-state index contributed by atoms with van der Waals surface area (Å²) in [6.07, 6.45) is 0. The average molecular weight is 282 g/mol. The number of alkyl halides is 3. The van der Waals surface area contributed by atoms with Crippen LogP contribution >= 0.6 is 11.8 Å². The minimum Gasteiger partial charge on any atom is -0.497 e. The molecule has 0 aliphatic heterocycles. The first-order valence-electron chi connectivity index (χ1n) is 5.07. The van der Waals surface area contributed by atoms with E-state index in [-0.39, 0.29) is 30.7 Å². The zero-order valence-corrected chi connectivity index (χ0v) is 10.5. The number of halogens is 3. The van der Waals surface area contributed by atoms with E-state index < -0.39 is 5.51 Å². The van der Waals surface area contributed by atoms with E-state index in [2.05, 4.69) is 0 Å².